The van der Waals surface area contributed by atoms with E-state index < -0.39 is 12.4 Å². The summed E-state index contributed by atoms with van der Waals surface area (Å²) in [7, 11) is 0. The van der Waals surface area contributed by atoms with Gasteiger partial charge in [0.1, 0.15) is 0 Å². The Kier molecular flexibility index (Phi) is 39.7. The van der Waals surface area contributed by atoms with E-state index in [0.29, 0.717) is 77.1 Å². The van der Waals surface area contributed by atoms with E-state index in [1.807, 2.05) is 0 Å². The third-order valence-electron chi connectivity index (χ3n) is 9.65. The molecule has 0 aromatic carbocycles. The Morgan fingerprint density at radius 2 is 0.927 bits per heavy atom. The van der Waals surface area contributed by atoms with E-state index in [0.717, 1.165) is 57.8 Å². The number of allylic oxidation sites excluding steroid dienone is 4. The zero-order valence-electron chi connectivity index (χ0n) is 35.9. The van der Waals surface area contributed by atoms with Crippen LogP contribution in [0.5, 0.6) is 0 Å². The van der Waals surface area contributed by atoms with Gasteiger partial charge in [-0.2, -0.15) is 0 Å². The Hall–Kier alpha value is -2.23. The van der Waals surface area contributed by atoms with Gasteiger partial charge in [0.05, 0.1) is 32.3 Å². The third-order valence-corrected chi connectivity index (χ3v) is 9.65. The molecule has 0 heterocycles. The van der Waals surface area contributed by atoms with Gasteiger partial charge < -0.3 is 28.8 Å². The molecular formula is C46H84O9. The Labute approximate surface area is 337 Å². The third kappa shape index (κ3) is 38.4. The first kappa shape index (κ1) is 52.8. The van der Waals surface area contributed by atoms with Crippen LogP contribution in [0.3, 0.4) is 0 Å². The minimum Gasteiger partial charge on any atom is -0.466 e. The summed E-state index contributed by atoms with van der Waals surface area (Å²) in [5, 5.41) is 10.3. The monoisotopic (exact) mass is 781 g/mol. The minimum atomic E-state index is -0.549. The van der Waals surface area contributed by atoms with Crippen LogP contribution in [0.25, 0.3) is 0 Å². The molecule has 1 unspecified atom stereocenters. The summed E-state index contributed by atoms with van der Waals surface area (Å²) in [6, 6.07) is 0. The molecule has 1 N–H and O–H groups in total. The van der Waals surface area contributed by atoms with E-state index in [9.17, 15) is 19.5 Å². The van der Waals surface area contributed by atoms with Gasteiger partial charge in [-0.1, -0.05) is 103 Å². The van der Waals surface area contributed by atoms with E-state index in [-0.39, 0.29) is 44.0 Å². The van der Waals surface area contributed by atoms with Crippen LogP contribution in [0.15, 0.2) is 24.3 Å². The van der Waals surface area contributed by atoms with Gasteiger partial charge in [0.2, 0.25) is 0 Å². The summed E-state index contributed by atoms with van der Waals surface area (Å²) in [6.07, 6.45) is 31.5. The number of rotatable bonds is 41. The lowest BCUT2D eigenvalue weighted by Crippen LogP contribution is -2.21. The van der Waals surface area contributed by atoms with Crippen LogP contribution in [0.4, 0.5) is 0 Å². The van der Waals surface area contributed by atoms with Gasteiger partial charge in [-0.25, -0.2) is 0 Å². The van der Waals surface area contributed by atoms with E-state index in [1.54, 1.807) is 0 Å². The molecule has 0 aliphatic heterocycles. The standard InChI is InChI=1S/C46H84O9/c1-5-9-13-15-17-23-36-54-46(55-37-24-18-16-14-10-6-2)34-33-45(50)52-39-26-30-42(47)29-25-38-51-43(48)31-21-22-32-44(49)53-40-35-41(27-19-11-7-3)28-20-12-8-4/h9-10,13-14,41-42,46-47H,5-8,11-12,15-40H2,1-4H3/b13-9-,14-10-. The minimum absolute atomic E-state index is 0.185. The average Bonchev–Trinajstić information content (AvgIpc) is 3.17. The molecule has 0 aliphatic rings. The first-order valence-electron chi connectivity index (χ1n) is 22.5. The second-order valence-electron chi connectivity index (χ2n) is 14.9. The molecule has 1 atom stereocenters. The molecule has 9 heteroatoms. The van der Waals surface area contributed by atoms with Crippen LogP contribution in [0, 0.1) is 5.92 Å². The highest BCUT2D eigenvalue weighted by Crippen LogP contribution is 2.21. The van der Waals surface area contributed by atoms with Crippen LogP contribution in [0.2, 0.25) is 0 Å². The number of hydrogen-bond acceptors (Lipinski definition) is 9. The molecule has 0 saturated heterocycles. The molecule has 0 radical (unpaired) electrons. The van der Waals surface area contributed by atoms with Gasteiger partial charge in [-0.15, -0.1) is 0 Å². The first-order valence-corrected chi connectivity index (χ1v) is 22.5. The van der Waals surface area contributed by atoms with Crippen molar-refractivity contribution in [2.24, 2.45) is 5.92 Å². The van der Waals surface area contributed by atoms with Crippen molar-refractivity contribution >= 4 is 17.9 Å². The molecule has 0 amide bonds. The van der Waals surface area contributed by atoms with Crippen molar-refractivity contribution in [1.82, 2.24) is 0 Å². The van der Waals surface area contributed by atoms with Gasteiger partial charge >= 0.3 is 17.9 Å². The van der Waals surface area contributed by atoms with Gasteiger partial charge in [-0.05, 0) is 102 Å². The Morgan fingerprint density at radius 3 is 1.40 bits per heavy atom. The van der Waals surface area contributed by atoms with E-state index in [2.05, 4.69) is 52.0 Å². The Bertz CT molecular complexity index is 900. The largest absolute Gasteiger partial charge is 0.466 e. The molecule has 0 bridgehead atoms. The molecule has 0 rings (SSSR count). The molecule has 0 spiro atoms. The van der Waals surface area contributed by atoms with Crippen molar-refractivity contribution in [3.05, 3.63) is 24.3 Å². The summed E-state index contributed by atoms with van der Waals surface area (Å²) < 4.78 is 28.2. The van der Waals surface area contributed by atoms with Crippen molar-refractivity contribution < 1.29 is 43.2 Å². The molecular weight excluding hydrogens is 696 g/mol. The van der Waals surface area contributed by atoms with Gasteiger partial charge in [0.15, 0.2) is 6.29 Å². The fourth-order valence-corrected chi connectivity index (χ4v) is 6.23. The molecule has 55 heavy (non-hydrogen) atoms. The highest BCUT2D eigenvalue weighted by atomic mass is 16.7. The number of unbranched alkanes of at least 4 members (excludes halogenated alkanes) is 9. The zero-order valence-corrected chi connectivity index (χ0v) is 35.9. The number of carbonyl (C=O) groups excluding carboxylic acids is 3. The quantitative estimate of drug-likeness (QED) is 0.0213. The molecule has 0 saturated carbocycles. The predicted molar refractivity (Wildman–Crippen MR) is 224 cm³/mol. The summed E-state index contributed by atoms with van der Waals surface area (Å²) in [6.45, 7) is 10.9. The zero-order chi connectivity index (χ0) is 40.5. The summed E-state index contributed by atoms with van der Waals surface area (Å²) >= 11 is 0. The number of hydrogen-bond donors (Lipinski definition) is 1. The second-order valence-corrected chi connectivity index (χ2v) is 14.9. The van der Waals surface area contributed by atoms with Crippen molar-refractivity contribution in [1.29, 1.82) is 0 Å². The molecule has 0 fully saturated rings. The van der Waals surface area contributed by atoms with Crippen molar-refractivity contribution in [3.63, 3.8) is 0 Å². The van der Waals surface area contributed by atoms with Crippen LogP contribution >= 0.6 is 0 Å². The summed E-state index contributed by atoms with van der Waals surface area (Å²) in [5.74, 6) is -0.118. The molecule has 0 aromatic rings. The molecule has 0 aliphatic carbocycles. The van der Waals surface area contributed by atoms with Gasteiger partial charge in [-0.3, -0.25) is 14.4 Å². The summed E-state index contributed by atoms with van der Waals surface area (Å²) in [5.41, 5.74) is 0. The maximum Gasteiger partial charge on any atom is 0.305 e. The number of carbonyl (C=O) groups is 3. The lowest BCUT2D eigenvalue weighted by Gasteiger charge is -2.18. The van der Waals surface area contributed by atoms with Crippen molar-refractivity contribution in [2.75, 3.05) is 33.0 Å². The highest BCUT2D eigenvalue weighted by Gasteiger charge is 2.15. The topological polar surface area (TPSA) is 118 Å². The normalized spacial score (nSPS) is 12.3. The van der Waals surface area contributed by atoms with Gasteiger partial charge in [0, 0.05) is 32.5 Å². The molecule has 322 valence electrons. The number of aliphatic hydroxyl groups excluding tert-OH is 1. The average molecular weight is 781 g/mol. The lowest BCUT2D eigenvalue weighted by atomic mass is 9.92. The number of esters is 3. The van der Waals surface area contributed by atoms with E-state index in [1.165, 1.54) is 51.4 Å². The highest BCUT2D eigenvalue weighted by molar-refractivity contribution is 5.70. The molecule has 0 aromatic heterocycles. The summed E-state index contributed by atoms with van der Waals surface area (Å²) in [4.78, 5) is 36.7. The SMILES string of the molecule is CC/C=C\CCCCOC(CCC(=O)OCCCC(O)CCCOC(=O)CCCCC(=O)OCCC(CCCCC)CCCCC)OCCCC/C=C\CC. The van der Waals surface area contributed by atoms with Crippen LogP contribution in [0.1, 0.15) is 201 Å². The predicted octanol–water partition coefficient (Wildman–Crippen LogP) is 11.7. The van der Waals surface area contributed by atoms with E-state index in [4.69, 9.17) is 23.7 Å². The fraction of sp³-hybridized carbons (Fsp3) is 0.848. The van der Waals surface area contributed by atoms with Crippen LogP contribution in [-0.2, 0) is 38.1 Å². The Balaban J connectivity index is 4.05. The fourth-order valence-electron chi connectivity index (χ4n) is 6.23. The Morgan fingerprint density at radius 1 is 0.455 bits per heavy atom. The second kappa shape index (κ2) is 41.4. The number of ether oxygens (including phenoxy) is 5. The number of aliphatic hydroxyl groups is 1. The van der Waals surface area contributed by atoms with Gasteiger partial charge in [0.25, 0.3) is 0 Å². The van der Waals surface area contributed by atoms with Crippen molar-refractivity contribution in [3.8, 4) is 0 Å². The van der Waals surface area contributed by atoms with Crippen molar-refractivity contribution in [2.45, 2.75) is 213 Å². The van der Waals surface area contributed by atoms with E-state index >= 15 is 0 Å². The molecule has 9 nitrogen and oxygen atoms in total. The lowest BCUT2D eigenvalue weighted by molar-refractivity contribution is -0.159. The maximum absolute atomic E-state index is 12.4. The first-order chi connectivity index (χ1) is 26.9. The van der Waals surface area contributed by atoms with Crippen LogP contribution in [-0.4, -0.2) is 68.4 Å². The smallest absolute Gasteiger partial charge is 0.305 e. The maximum atomic E-state index is 12.4. The van der Waals surface area contributed by atoms with Crippen LogP contribution < -0.4 is 0 Å².